The number of pyridine rings is 1. The predicted octanol–water partition coefficient (Wildman–Crippen LogP) is 2.76. The molecule has 4 rings (SSSR count). The van der Waals surface area contributed by atoms with Crippen LogP contribution in [0.4, 0.5) is 0 Å². The van der Waals surface area contributed by atoms with Gasteiger partial charge in [-0.1, -0.05) is 17.7 Å². The summed E-state index contributed by atoms with van der Waals surface area (Å²) in [6.45, 7) is 2.74. The third-order valence-corrected chi connectivity index (χ3v) is 6.19. The highest BCUT2D eigenvalue weighted by Crippen LogP contribution is 2.27. The van der Waals surface area contributed by atoms with Crippen LogP contribution in [0.5, 0.6) is 0 Å². The number of H-pyrrole nitrogens is 1. The number of aromatic amines is 1. The van der Waals surface area contributed by atoms with E-state index in [0.29, 0.717) is 24.5 Å². The van der Waals surface area contributed by atoms with Gasteiger partial charge in [0.15, 0.2) is 0 Å². The zero-order valence-corrected chi connectivity index (χ0v) is 16.0. The molecule has 0 bridgehead atoms. The number of rotatable bonds is 3. The van der Waals surface area contributed by atoms with Crippen molar-refractivity contribution in [1.29, 1.82) is 0 Å². The molecule has 0 amide bonds. The minimum Gasteiger partial charge on any atom is -0.339 e. The van der Waals surface area contributed by atoms with Crippen molar-refractivity contribution >= 4 is 38.2 Å². The first-order valence-electron chi connectivity index (χ1n) is 8.17. The van der Waals surface area contributed by atoms with Crippen LogP contribution in [0.1, 0.15) is 17.8 Å². The van der Waals surface area contributed by atoms with Crippen LogP contribution in [0.25, 0.3) is 22.3 Å². The zero-order valence-electron chi connectivity index (χ0n) is 14.4. The lowest BCUT2D eigenvalue weighted by molar-refractivity contribution is 0.445. The Hall–Kier alpha value is -2.16. The Morgan fingerprint density at radius 1 is 1.31 bits per heavy atom. The molecule has 26 heavy (non-hydrogen) atoms. The van der Waals surface area contributed by atoms with E-state index in [1.165, 1.54) is 10.6 Å². The molecule has 0 aromatic carbocycles. The third kappa shape index (κ3) is 3.15. The van der Waals surface area contributed by atoms with Crippen LogP contribution in [0.2, 0.25) is 5.02 Å². The van der Waals surface area contributed by atoms with Crippen LogP contribution in [-0.4, -0.2) is 51.8 Å². The number of fused-ring (bicyclic) bond motifs is 1. The molecule has 0 fully saturated rings. The molecule has 136 valence electrons. The van der Waals surface area contributed by atoms with Crippen molar-refractivity contribution in [1.82, 2.24) is 24.1 Å². The Morgan fingerprint density at radius 2 is 2.12 bits per heavy atom. The molecule has 1 aliphatic rings. The van der Waals surface area contributed by atoms with E-state index in [0.717, 1.165) is 33.7 Å². The van der Waals surface area contributed by atoms with Crippen LogP contribution in [0.15, 0.2) is 30.6 Å². The number of sulfonamides is 1. The maximum absolute atomic E-state index is 11.6. The number of nitrogens with zero attached hydrogens (tertiary/aromatic N) is 4. The highest BCUT2D eigenvalue weighted by Gasteiger charge is 2.21. The van der Waals surface area contributed by atoms with Crippen molar-refractivity contribution in [3.63, 3.8) is 0 Å². The summed E-state index contributed by atoms with van der Waals surface area (Å²) in [5, 5.41) is 5.96. The molecule has 0 atom stereocenters. The van der Waals surface area contributed by atoms with Crippen molar-refractivity contribution in [2.75, 3.05) is 19.3 Å². The van der Waals surface area contributed by atoms with Gasteiger partial charge < -0.3 is 4.98 Å². The van der Waals surface area contributed by atoms with Crippen molar-refractivity contribution < 1.29 is 8.42 Å². The van der Waals surface area contributed by atoms with E-state index in [9.17, 15) is 8.42 Å². The number of aromatic nitrogens is 4. The maximum Gasteiger partial charge on any atom is 0.211 e. The molecule has 0 unspecified atom stereocenters. The Kier molecular flexibility index (Phi) is 4.13. The van der Waals surface area contributed by atoms with Crippen LogP contribution >= 0.6 is 11.6 Å². The number of halogens is 1. The molecule has 3 aromatic rings. The zero-order chi connectivity index (χ0) is 18.5. The maximum atomic E-state index is 11.6. The third-order valence-electron chi connectivity index (χ3n) is 4.55. The van der Waals surface area contributed by atoms with Gasteiger partial charge in [0.2, 0.25) is 10.0 Å². The summed E-state index contributed by atoms with van der Waals surface area (Å²) in [6.07, 6.45) is 7.36. The lowest BCUT2D eigenvalue weighted by Crippen LogP contribution is -2.33. The second kappa shape index (κ2) is 6.22. The van der Waals surface area contributed by atoms with E-state index in [2.05, 4.69) is 15.1 Å². The fraction of sp³-hybridized carbons (Fsp3) is 0.294. The fourth-order valence-corrected chi connectivity index (χ4v) is 3.97. The van der Waals surface area contributed by atoms with Crippen molar-refractivity contribution in [2.24, 2.45) is 0 Å². The summed E-state index contributed by atoms with van der Waals surface area (Å²) < 4.78 is 26.4. The van der Waals surface area contributed by atoms with E-state index < -0.39 is 10.0 Å². The van der Waals surface area contributed by atoms with E-state index in [4.69, 9.17) is 11.6 Å². The first-order valence-corrected chi connectivity index (χ1v) is 10.4. The summed E-state index contributed by atoms with van der Waals surface area (Å²) in [5.74, 6) is 0. The molecule has 0 spiro atoms. The molecule has 1 N–H and O–H groups in total. The van der Waals surface area contributed by atoms with Crippen molar-refractivity contribution in [3.8, 4) is 5.69 Å². The largest absolute Gasteiger partial charge is 0.339 e. The van der Waals surface area contributed by atoms with Gasteiger partial charge >= 0.3 is 0 Å². The minimum absolute atomic E-state index is 0.396. The second-order valence-corrected chi connectivity index (χ2v) is 8.81. The average molecular weight is 392 g/mol. The lowest BCUT2D eigenvalue weighted by atomic mass is 10.1. The highest BCUT2D eigenvalue weighted by atomic mass is 35.5. The Morgan fingerprint density at radius 3 is 2.73 bits per heavy atom. The Bertz CT molecular complexity index is 1110. The normalized spacial score (nSPS) is 16.2. The van der Waals surface area contributed by atoms with Gasteiger partial charge in [-0.05, 0) is 31.1 Å². The minimum atomic E-state index is -3.15. The van der Waals surface area contributed by atoms with E-state index >= 15 is 0 Å². The molecule has 1 aliphatic heterocycles. The smallest absolute Gasteiger partial charge is 0.211 e. The van der Waals surface area contributed by atoms with E-state index in [-0.39, 0.29) is 0 Å². The topological polar surface area (TPSA) is 83.9 Å². The van der Waals surface area contributed by atoms with Gasteiger partial charge in [0.25, 0.3) is 0 Å². The summed E-state index contributed by atoms with van der Waals surface area (Å²) in [5.41, 5.74) is 4.45. The fourth-order valence-electron chi connectivity index (χ4n) is 3.07. The predicted molar refractivity (Wildman–Crippen MR) is 102 cm³/mol. The number of aryl methyl sites for hydroxylation is 1. The van der Waals surface area contributed by atoms with E-state index in [1.807, 2.05) is 25.1 Å². The van der Waals surface area contributed by atoms with Gasteiger partial charge in [0.1, 0.15) is 5.65 Å². The average Bonchev–Trinajstić information content (AvgIpc) is 3.17. The molecule has 0 aliphatic carbocycles. The molecular weight excluding hydrogens is 374 g/mol. The highest BCUT2D eigenvalue weighted by molar-refractivity contribution is 7.88. The van der Waals surface area contributed by atoms with Gasteiger partial charge in [-0.2, -0.15) is 9.40 Å². The molecule has 7 nitrogen and oxygen atoms in total. The number of hydrogen-bond acceptors (Lipinski definition) is 4. The lowest BCUT2D eigenvalue weighted by Gasteiger charge is -2.23. The summed E-state index contributed by atoms with van der Waals surface area (Å²) >= 11 is 6.08. The van der Waals surface area contributed by atoms with Gasteiger partial charge in [0, 0.05) is 30.4 Å². The summed E-state index contributed by atoms with van der Waals surface area (Å²) in [7, 11) is -3.15. The number of hydrogen-bond donors (Lipinski definition) is 1. The second-order valence-electron chi connectivity index (χ2n) is 6.42. The first-order chi connectivity index (χ1) is 12.3. The molecular formula is C17H18ClN5O2S. The Labute approximate surface area is 156 Å². The summed E-state index contributed by atoms with van der Waals surface area (Å²) in [4.78, 5) is 7.78. The van der Waals surface area contributed by atoms with Gasteiger partial charge in [-0.15, -0.1) is 0 Å². The molecule has 0 saturated heterocycles. The SMILES string of the molecule is Cc1nn(-c2cnc3[nH]c(C4=CCN(S(C)(=O)=O)CC4)cc3c2)cc1Cl. The molecule has 0 saturated carbocycles. The molecule has 0 radical (unpaired) electrons. The van der Waals surface area contributed by atoms with Crippen LogP contribution in [0, 0.1) is 6.92 Å². The monoisotopic (exact) mass is 391 g/mol. The molecule has 3 aromatic heterocycles. The Balaban J connectivity index is 1.65. The standard InChI is InChI=1S/C17H18ClN5O2S/c1-11-15(18)10-23(21-11)14-7-13-8-16(20-17(13)19-9-14)12-3-5-22(6-4-12)26(2,24)25/h3,7-10H,4-6H2,1-2H3,(H,19,20). The van der Waals surface area contributed by atoms with E-state index in [1.54, 1.807) is 17.1 Å². The quantitative estimate of drug-likeness (QED) is 0.744. The van der Waals surface area contributed by atoms with Crippen LogP contribution in [0.3, 0.4) is 0 Å². The van der Waals surface area contributed by atoms with Crippen LogP contribution < -0.4 is 0 Å². The van der Waals surface area contributed by atoms with Gasteiger partial charge in [-0.3, -0.25) is 0 Å². The van der Waals surface area contributed by atoms with Crippen molar-refractivity contribution in [2.45, 2.75) is 13.3 Å². The van der Waals surface area contributed by atoms with Gasteiger partial charge in [-0.25, -0.2) is 18.1 Å². The summed E-state index contributed by atoms with van der Waals surface area (Å²) in [6, 6.07) is 4.03. The van der Waals surface area contributed by atoms with Crippen LogP contribution in [-0.2, 0) is 10.0 Å². The van der Waals surface area contributed by atoms with Crippen molar-refractivity contribution in [3.05, 3.63) is 47.0 Å². The number of nitrogens with one attached hydrogen (secondary N) is 1. The van der Waals surface area contributed by atoms with Gasteiger partial charge in [0.05, 0.1) is 28.9 Å². The first kappa shape index (κ1) is 17.3. The molecule has 9 heteroatoms. The molecule has 4 heterocycles.